The topological polar surface area (TPSA) is 70.6 Å². The van der Waals surface area contributed by atoms with Crippen LogP contribution < -0.4 is 10.6 Å². The van der Waals surface area contributed by atoms with Crippen LogP contribution in [0.4, 0.5) is 0 Å². The summed E-state index contributed by atoms with van der Waals surface area (Å²) in [6.07, 6.45) is 6.86. The van der Waals surface area contributed by atoms with Gasteiger partial charge in [0.25, 0.3) is 5.91 Å². The highest BCUT2D eigenvalue weighted by atomic mass is 16.5. The lowest BCUT2D eigenvalue weighted by Gasteiger charge is -2.36. The van der Waals surface area contributed by atoms with Crippen molar-refractivity contribution in [3.63, 3.8) is 0 Å². The summed E-state index contributed by atoms with van der Waals surface area (Å²) in [5.41, 5.74) is -0.559. The van der Waals surface area contributed by atoms with Crippen LogP contribution in [0.1, 0.15) is 44.9 Å². The molecule has 1 heterocycles. The minimum absolute atomic E-state index is 0.0192. The number of amides is 1. The highest BCUT2D eigenvalue weighted by Crippen LogP contribution is 2.40. The van der Waals surface area contributed by atoms with Gasteiger partial charge >= 0.3 is 0 Å². The quantitative estimate of drug-likeness (QED) is 0.675. The molecule has 116 valence electrons. The molecule has 5 nitrogen and oxygen atoms in total. The summed E-state index contributed by atoms with van der Waals surface area (Å²) in [5.74, 6) is 0.0192. The number of nitrogens with one attached hydrogen (secondary N) is 2. The van der Waals surface area contributed by atoms with Crippen molar-refractivity contribution in [1.29, 1.82) is 0 Å². The minimum atomic E-state index is -0.662. The monoisotopic (exact) mass is 284 g/mol. The maximum Gasteiger partial charge on any atom is 0.252 e. The predicted octanol–water partition coefficient (Wildman–Crippen LogP) is 0.814. The van der Waals surface area contributed by atoms with Crippen LogP contribution in [0.25, 0.3) is 0 Å². The van der Waals surface area contributed by atoms with E-state index in [1.165, 1.54) is 12.8 Å². The van der Waals surface area contributed by atoms with E-state index in [0.717, 1.165) is 45.2 Å². The van der Waals surface area contributed by atoms with Gasteiger partial charge in [-0.15, -0.1) is 0 Å². The fourth-order valence-corrected chi connectivity index (χ4v) is 3.66. The first-order valence-corrected chi connectivity index (χ1v) is 7.81. The van der Waals surface area contributed by atoms with Gasteiger partial charge in [-0.2, -0.15) is 0 Å². The molecule has 20 heavy (non-hydrogen) atoms. The molecule has 2 rings (SSSR count). The van der Waals surface area contributed by atoms with Gasteiger partial charge in [-0.1, -0.05) is 12.8 Å². The molecule has 0 spiro atoms. The van der Waals surface area contributed by atoms with Gasteiger partial charge in [0.15, 0.2) is 0 Å². The van der Waals surface area contributed by atoms with Crippen molar-refractivity contribution in [2.24, 2.45) is 5.41 Å². The van der Waals surface area contributed by atoms with E-state index in [4.69, 9.17) is 4.74 Å². The van der Waals surface area contributed by atoms with Crippen molar-refractivity contribution in [2.75, 3.05) is 33.4 Å². The Hall–Kier alpha value is -0.650. The van der Waals surface area contributed by atoms with E-state index < -0.39 is 5.60 Å². The van der Waals surface area contributed by atoms with Crippen molar-refractivity contribution in [3.05, 3.63) is 0 Å². The Kier molecular flexibility index (Phi) is 5.41. The number of hydrogen-bond acceptors (Lipinski definition) is 4. The predicted molar refractivity (Wildman–Crippen MR) is 77.5 cm³/mol. The van der Waals surface area contributed by atoms with Crippen molar-refractivity contribution in [2.45, 2.75) is 50.5 Å². The molecule has 2 aliphatic rings. The molecule has 0 atom stereocenters. The Labute approximate surface area is 121 Å². The standard InChI is InChI=1S/C15H28N2O3/c1-20-15(6-9-16-10-7-15)13(19)17-12-14(8-11-18)4-2-3-5-14/h16,18H,2-12H2,1H3,(H,17,19). The lowest BCUT2D eigenvalue weighted by atomic mass is 9.82. The van der Waals surface area contributed by atoms with Crippen LogP contribution in [0.3, 0.4) is 0 Å². The largest absolute Gasteiger partial charge is 0.396 e. The Balaban J connectivity index is 1.92. The molecule has 0 unspecified atom stereocenters. The van der Waals surface area contributed by atoms with Gasteiger partial charge in [0.2, 0.25) is 0 Å². The Morgan fingerprint density at radius 3 is 2.45 bits per heavy atom. The normalized spacial score (nSPS) is 24.5. The molecule has 1 saturated carbocycles. The fourth-order valence-electron chi connectivity index (χ4n) is 3.66. The molecule has 0 aromatic carbocycles. The molecule has 1 aliphatic carbocycles. The Bertz CT molecular complexity index is 321. The van der Waals surface area contributed by atoms with Gasteiger partial charge in [0.05, 0.1) is 0 Å². The molecule has 2 fully saturated rings. The van der Waals surface area contributed by atoms with Crippen LogP contribution in [0.15, 0.2) is 0 Å². The van der Waals surface area contributed by atoms with Crippen LogP contribution in [-0.2, 0) is 9.53 Å². The number of ether oxygens (including phenoxy) is 1. The average Bonchev–Trinajstić information content (AvgIpc) is 2.95. The van der Waals surface area contributed by atoms with Crippen molar-refractivity contribution < 1.29 is 14.6 Å². The van der Waals surface area contributed by atoms with E-state index in [9.17, 15) is 9.90 Å². The van der Waals surface area contributed by atoms with Crippen LogP contribution in [0.5, 0.6) is 0 Å². The second-order valence-corrected chi connectivity index (χ2v) is 6.31. The summed E-state index contributed by atoms with van der Waals surface area (Å²) in [6, 6.07) is 0. The van der Waals surface area contributed by atoms with Crippen LogP contribution in [0, 0.1) is 5.41 Å². The summed E-state index contributed by atoms with van der Waals surface area (Å²) >= 11 is 0. The molecule has 3 N–H and O–H groups in total. The summed E-state index contributed by atoms with van der Waals surface area (Å²) in [7, 11) is 1.63. The van der Waals surface area contributed by atoms with E-state index in [1.807, 2.05) is 0 Å². The van der Waals surface area contributed by atoms with E-state index in [0.29, 0.717) is 6.54 Å². The lowest BCUT2D eigenvalue weighted by molar-refractivity contribution is -0.147. The number of carbonyl (C=O) groups excluding carboxylic acids is 1. The molecule has 0 bridgehead atoms. The zero-order chi connectivity index (χ0) is 14.5. The summed E-state index contributed by atoms with van der Waals surface area (Å²) in [4.78, 5) is 12.5. The number of piperidine rings is 1. The van der Waals surface area contributed by atoms with E-state index in [1.54, 1.807) is 7.11 Å². The van der Waals surface area contributed by atoms with Gasteiger partial charge in [-0.3, -0.25) is 4.79 Å². The highest BCUT2D eigenvalue weighted by molar-refractivity contribution is 5.85. The zero-order valence-corrected chi connectivity index (χ0v) is 12.5. The van der Waals surface area contributed by atoms with Crippen LogP contribution in [0.2, 0.25) is 0 Å². The second-order valence-electron chi connectivity index (χ2n) is 6.31. The lowest BCUT2D eigenvalue weighted by Crippen LogP contribution is -2.55. The second kappa shape index (κ2) is 6.87. The zero-order valence-electron chi connectivity index (χ0n) is 12.5. The van der Waals surface area contributed by atoms with Gasteiger partial charge in [0.1, 0.15) is 5.60 Å². The molecule has 0 radical (unpaired) electrons. The van der Waals surface area contributed by atoms with Crippen molar-refractivity contribution in [3.8, 4) is 0 Å². The first kappa shape index (κ1) is 15.7. The maximum absolute atomic E-state index is 12.5. The van der Waals surface area contributed by atoms with E-state index in [2.05, 4.69) is 10.6 Å². The van der Waals surface area contributed by atoms with Crippen molar-refractivity contribution in [1.82, 2.24) is 10.6 Å². The Morgan fingerprint density at radius 2 is 1.90 bits per heavy atom. The average molecular weight is 284 g/mol. The molecular weight excluding hydrogens is 256 g/mol. The SMILES string of the molecule is COC1(C(=O)NCC2(CCO)CCCC2)CCNCC1. The third kappa shape index (κ3) is 3.32. The molecule has 1 amide bonds. The van der Waals surface area contributed by atoms with Crippen LogP contribution in [-0.4, -0.2) is 50.0 Å². The maximum atomic E-state index is 12.5. The first-order valence-electron chi connectivity index (χ1n) is 7.81. The summed E-state index contributed by atoms with van der Waals surface area (Å²) < 4.78 is 5.55. The molecule has 5 heteroatoms. The third-order valence-corrected chi connectivity index (χ3v) is 5.15. The van der Waals surface area contributed by atoms with Crippen molar-refractivity contribution >= 4 is 5.91 Å². The van der Waals surface area contributed by atoms with Gasteiger partial charge in [-0.25, -0.2) is 0 Å². The van der Waals surface area contributed by atoms with E-state index in [-0.39, 0.29) is 17.9 Å². The number of methoxy groups -OCH3 is 1. The first-order chi connectivity index (χ1) is 9.66. The van der Waals surface area contributed by atoms with Gasteiger partial charge in [0, 0.05) is 20.3 Å². The highest BCUT2D eigenvalue weighted by Gasteiger charge is 2.41. The summed E-state index contributed by atoms with van der Waals surface area (Å²) in [6.45, 7) is 2.52. The van der Waals surface area contributed by atoms with E-state index >= 15 is 0 Å². The van der Waals surface area contributed by atoms with Gasteiger partial charge in [-0.05, 0) is 50.6 Å². The third-order valence-electron chi connectivity index (χ3n) is 5.15. The fraction of sp³-hybridized carbons (Fsp3) is 0.933. The number of aliphatic hydroxyl groups excluding tert-OH is 1. The Morgan fingerprint density at radius 1 is 1.25 bits per heavy atom. The van der Waals surface area contributed by atoms with Gasteiger partial charge < -0.3 is 20.5 Å². The molecular formula is C15H28N2O3. The summed E-state index contributed by atoms with van der Waals surface area (Å²) in [5, 5.41) is 15.6. The number of carbonyl (C=O) groups is 1. The molecule has 0 aromatic rings. The molecule has 1 aliphatic heterocycles. The smallest absolute Gasteiger partial charge is 0.252 e. The number of aliphatic hydroxyl groups is 1. The number of hydrogen-bond donors (Lipinski definition) is 3. The number of rotatable bonds is 6. The molecule has 1 saturated heterocycles. The minimum Gasteiger partial charge on any atom is -0.396 e. The molecule has 0 aromatic heterocycles. The van der Waals surface area contributed by atoms with Crippen LogP contribution >= 0.6 is 0 Å².